The van der Waals surface area contributed by atoms with Gasteiger partial charge >= 0.3 is 0 Å². The fourth-order valence-electron chi connectivity index (χ4n) is 1.73. The minimum absolute atomic E-state index is 0. The lowest BCUT2D eigenvalue weighted by atomic mass is 10.1. The summed E-state index contributed by atoms with van der Waals surface area (Å²) in [6.07, 6.45) is 2.43. The van der Waals surface area contributed by atoms with E-state index < -0.39 is 0 Å². The van der Waals surface area contributed by atoms with Gasteiger partial charge in [-0.1, -0.05) is 0 Å². The molecule has 16 heavy (non-hydrogen) atoms. The first-order valence-electron chi connectivity index (χ1n) is 5.74. The largest absolute Gasteiger partial charge is 0.377 e. The van der Waals surface area contributed by atoms with Crippen molar-refractivity contribution in [3.05, 3.63) is 0 Å². The number of ether oxygens (including phenoxy) is 1. The number of nitrogens with zero attached hydrogens (tertiary/aromatic N) is 1. The van der Waals surface area contributed by atoms with Crippen LogP contribution in [0.4, 0.5) is 0 Å². The number of hydrogen-bond acceptors (Lipinski definition) is 3. The van der Waals surface area contributed by atoms with E-state index in [9.17, 15) is 4.79 Å². The van der Waals surface area contributed by atoms with Gasteiger partial charge in [-0.15, -0.1) is 12.4 Å². The Morgan fingerprint density at radius 2 is 2.31 bits per heavy atom. The van der Waals surface area contributed by atoms with Gasteiger partial charge in [0.1, 0.15) is 0 Å². The Kier molecular flexibility index (Phi) is 7.72. The maximum Gasteiger partial charge on any atom is 0.222 e. The molecule has 5 heteroatoms. The first kappa shape index (κ1) is 15.7. The Hall–Kier alpha value is -0.320. The zero-order chi connectivity index (χ0) is 11.3. The number of amides is 1. The topological polar surface area (TPSA) is 55.6 Å². The molecule has 0 aliphatic carbocycles. The van der Waals surface area contributed by atoms with E-state index in [0.29, 0.717) is 6.42 Å². The molecule has 0 spiro atoms. The van der Waals surface area contributed by atoms with E-state index in [1.165, 1.54) is 0 Å². The van der Waals surface area contributed by atoms with Gasteiger partial charge in [0.2, 0.25) is 5.91 Å². The summed E-state index contributed by atoms with van der Waals surface area (Å²) in [6.45, 7) is 6.25. The van der Waals surface area contributed by atoms with E-state index in [1.54, 1.807) is 0 Å². The van der Waals surface area contributed by atoms with Crippen LogP contribution in [0.25, 0.3) is 0 Å². The predicted octanol–water partition coefficient (Wildman–Crippen LogP) is 1.17. The van der Waals surface area contributed by atoms with Gasteiger partial charge in [-0.3, -0.25) is 4.79 Å². The molecular formula is C11H23ClN2O2. The molecule has 96 valence electrons. The van der Waals surface area contributed by atoms with Crippen LogP contribution in [0.15, 0.2) is 0 Å². The van der Waals surface area contributed by atoms with E-state index in [0.717, 1.165) is 32.5 Å². The second-order valence-corrected chi connectivity index (χ2v) is 4.39. The molecule has 0 radical (unpaired) electrons. The molecule has 0 saturated carbocycles. The van der Waals surface area contributed by atoms with Crippen LogP contribution in [0.2, 0.25) is 0 Å². The van der Waals surface area contributed by atoms with Crippen LogP contribution in [0.5, 0.6) is 0 Å². The smallest absolute Gasteiger partial charge is 0.222 e. The Balaban J connectivity index is 0.00000225. The number of carbonyl (C=O) groups excluding carboxylic acids is 1. The van der Waals surface area contributed by atoms with Gasteiger partial charge in [0.25, 0.3) is 0 Å². The molecule has 0 aromatic carbocycles. The fraction of sp³-hybridized carbons (Fsp3) is 0.909. The van der Waals surface area contributed by atoms with Gasteiger partial charge in [0.15, 0.2) is 0 Å². The minimum Gasteiger partial charge on any atom is -0.377 e. The molecule has 1 saturated heterocycles. The van der Waals surface area contributed by atoms with Gasteiger partial charge in [-0.05, 0) is 26.7 Å². The number of carbonyl (C=O) groups is 1. The average molecular weight is 251 g/mol. The summed E-state index contributed by atoms with van der Waals surface area (Å²) in [4.78, 5) is 13.7. The third-order valence-electron chi connectivity index (χ3n) is 2.62. The van der Waals surface area contributed by atoms with Crippen molar-refractivity contribution in [2.24, 2.45) is 5.73 Å². The van der Waals surface area contributed by atoms with Crippen molar-refractivity contribution < 1.29 is 9.53 Å². The number of hydrogen-bond donors (Lipinski definition) is 1. The zero-order valence-corrected chi connectivity index (χ0v) is 11.0. The Morgan fingerprint density at radius 3 is 2.94 bits per heavy atom. The van der Waals surface area contributed by atoms with E-state index in [1.807, 2.05) is 18.7 Å². The third kappa shape index (κ3) is 5.68. The summed E-state index contributed by atoms with van der Waals surface area (Å²) in [5.41, 5.74) is 5.63. The summed E-state index contributed by atoms with van der Waals surface area (Å²) in [7, 11) is 0. The average Bonchev–Trinajstić information content (AvgIpc) is 2.39. The Labute approximate surface area is 104 Å². The van der Waals surface area contributed by atoms with Gasteiger partial charge in [-0.2, -0.15) is 0 Å². The first-order valence-corrected chi connectivity index (χ1v) is 5.74. The van der Waals surface area contributed by atoms with Crippen LogP contribution < -0.4 is 5.73 Å². The summed E-state index contributed by atoms with van der Waals surface area (Å²) < 4.78 is 5.49. The highest BCUT2D eigenvalue weighted by Crippen LogP contribution is 2.08. The maximum atomic E-state index is 11.8. The second-order valence-electron chi connectivity index (χ2n) is 4.39. The van der Waals surface area contributed by atoms with E-state index in [-0.39, 0.29) is 30.5 Å². The highest BCUT2D eigenvalue weighted by atomic mass is 35.5. The van der Waals surface area contributed by atoms with Gasteiger partial charge in [-0.25, -0.2) is 0 Å². The molecule has 1 amide bonds. The molecule has 4 nitrogen and oxygen atoms in total. The van der Waals surface area contributed by atoms with Gasteiger partial charge in [0.05, 0.1) is 6.10 Å². The summed E-state index contributed by atoms with van der Waals surface area (Å²) in [5, 5.41) is 0. The van der Waals surface area contributed by atoms with E-state index in [2.05, 4.69) is 0 Å². The van der Waals surface area contributed by atoms with Crippen LogP contribution in [-0.4, -0.2) is 42.6 Å². The molecule has 1 heterocycles. The molecule has 0 aromatic heterocycles. The molecule has 0 bridgehead atoms. The fourth-order valence-corrected chi connectivity index (χ4v) is 1.73. The third-order valence-corrected chi connectivity index (χ3v) is 2.62. The van der Waals surface area contributed by atoms with Crippen LogP contribution in [0.1, 0.15) is 33.1 Å². The Bertz CT molecular complexity index is 212. The van der Waals surface area contributed by atoms with Crippen molar-refractivity contribution in [1.82, 2.24) is 4.90 Å². The molecule has 1 aliphatic rings. The van der Waals surface area contributed by atoms with E-state index in [4.69, 9.17) is 10.5 Å². The molecule has 1 aliphatic heterocycles. The summed E-state index contributed by atoms with van der Waals surface area (Å²) in [5.74, 6) is 0.213. The normalized spacial score (nSPS) is 23.2. The highest BCUT2D eigenvalue weighted by molar-refractivity contribution is 5.85. The van der Waals surface area contributed by atoms with Crippen LogP contribution in [-0.2, 0) is 9.53 Å². The Morgan fingerprint density at radius 1 is 1.62 bits per heavy atom. The lowest BCUT2D eigenvalue weighted by Gasteiger charge is -2.22. The lowest BCUT2D eigenvalue weighted by Crippen LogP contribution is -2.36. The monoisotopic (exact) mass is 250 g/mol. The molecule has 0 aromatic rings. The van der Waals surface area contributed by atoms with Crippen molar-refractivity contribution in [3.8, 4) is 0 Å². The number of halogens is 1. The standard InChI is InChI=1S/C11H22N2O2.ClH/c1-9(12)4-5-11(14)13-6-3-7-15-10(2)8-13;/h9-10H,3-8,12H2,1-2H3;1H. The maximum absolute atomic E-state index is 11.8. The lowest BCUT2D eigenvalue weighted by molar-refractivity contribution is -0.132. The summed E-state index contributed by atoms with van der Waals surface area (Å²) >= 11 is 0. The highest BCUT2D eigenvalue weighted by Gasteiger charge is 2.19. The minimum atomic E-state index is 0. The van der Waals surface area contributed by atoms with Gasteiger partial charge < -0.3 is 15.4 Å². The molecule has 2 atom stereocenters. The molecular weight excluding hydrogens is 228 g/mol. The van der Waals surface area contributed by atoms with Crippen molar-refractivity contribution in [1.29, 1.82) is 0 Å². The second kappa shape index (κ2) is 7.87. The van der Waals surface area contributed by atoms with Crippen molar-refractivity contribution >= 4 is 18.3 Å². The number of nitrogens with two attached hydrogens (primary N) is 1. The molecule has 1 rings (SSSR count). The molecule has 2 N–H and O–H groups in total. The molecule has 2 unspecified atom stereocenters. The van der Waals surface area contributed by atoms with Crippen LogP contribution >= 0.6 is 12.4 Å². The van der Waals surface area contributed by atoms with Crippen LogP contribution in [0.3, 0.4) is 0 Å². The van der Waals surface area contributed by atoms with Gasteiger partial charge in [0, 0.05) is 32.2 Å². The zero-order valence-electron chi connectivity index (χ0n) is 10.1. The van der Waals surface area contributed by atoms with Crippen molar-refractivity contribution in [3.63, 3.8) is 0 Å². The summed E-state index contributed by atoms with van der Waals surface area (Å²) in [6, 6.07) is 0.106. The van der Waals surface area contributed by atoms with E-state index >= 15 is 0 Å². The quantitative estimate of drug-likeness (QED) is 0.818. The van der Waals surface area contributed by atoms with Crippen LogP contribution in [0, 0.1) is 0 Å². The number of rotatable bonds is 3. The van der Waals surface area contributed by atoms with Crippen molar-refractivity contribution in [2.75, 3.05) is 19.7 Å². The molecule has 1 fully saturated rings. The SMILES string of the molecule is CC(N)CCC(=O)N1CCCOC(C)C1.Cl. The van der Waals surface area contributed by atoms with Crippen molar-refractivity contribution in [2.45, 2.75) is 45.3 Å². The first-order chi connectivity index (χ1) is 7.09. The predicted molar refractivity (Wildman–Crippen MR) is 66.7 cm³/mol.